The van der Waals surface area contributed by atoms with Crippen LogP contribution in [0.15, 0.2) is 24.3 Å². The Balaban J connectivity index is 1.48. The highest BCUT2D eigenvalue weighted by molar-refractivity contribution is 5.53. The molecule has 1 aromatic carbocycles. The molecule has 4 nitrogen and oxygen atoms in total. The van der Waals surface area contributed by atoms with Crippen LogP contribution in [-0.4, -0.2) is 56.5 Å². The number of nitrogens with zero attached hydrogens (tertiary/aromatic N) is 1. The van der Waals surface area contributed by atoms with E-state index in [-0.39, 0.29) is 12.2 Å². The topological polar surface area (TPSA) is 33.7 Å². The van der Waals surface area contributed by atoms with Crippen molar-refractivity contribution in [3.63, 3.8) is 0 Å². The third-order valence-electron chi connectivity index (χ3n) is 4.17. The molecule has 1 aromatic rings. The van der Waals surface area contributed by atoms with Gasteiger partial charge >= 0.3 is 0 Å². The number of likely N-dealkylation sites (N-methyl/N-ethyl adjacent to an activating group) is 1. The molecule has 20 heavy (non-hydrogen) atoms. The van der Waals surface area contributed by atoms with Gasteiger partial charge in [0.1, 0.15) is 0 Å². The normalized spacial score (nSPS) is 26.9. The van der Waals surface area contributed by atoms with Crippen LogP contribution in [0.4, 0.5) is 5.69 Å². The minimum Gasteiger partial charge on any atom is -0.382 e. The van der Waals surface area contributed by atoms with E-state index < -0.39 is 0 Å². The Kier molecular flexibility index (Phi) is 4.55. The minimum absolute atomic E-state index is 0.223. The van der Waals surface area contributed by atoms with E-state index >= 15 is 0 Å². The number of hydrogen-bond acceptors (Lipinski definition) is 4. The summed E-state index contributed by atoms with van der Waals surface area (Å²) in [4.78, 5) is 2.42. The SMILES string of the molecule is CCN1CCOC(COC2CNc3ccccc3C2)C1. The summed E-state index contributed by atoms with van der Waals surface area (Å²) >= 11 is 0. The molecule has 110 valence electrons. The lowest BCUT2D eigenvalue weighted by Crippen LogP contribution is -2.45. The maximum absolute atomic E-state index is 6.06. The molecule has 0 radical (unpaired) electrons. The summed E-state index contributed by atoms with van der Waals surface area (Å²) < 4.78 is 11.8. The predicted octanol–water partition coefficient (Wildman–Crippen LogP) is 1.76. The van der Waals surface area contributed by atoms with Crippen LogP contribution < -0.4 is 5.32 Å². The lowest BCUT2D eigenvalue weighted by molar-refractivity contribution is -0.0821. The molecule has 0 saturated carbocycles. The van der Waals surface area contributed by atoms with E-state index in [4.69, 9.17) is 9.47 Å². The van der Waals surface area contributed by atoms with Gasteiger partial charge in [-0.05, 0) is 18.2 Å². The van der Waals surface area contributed by atoms with Gasteiger partial charge in [-0.15, -0.1) is 0 Å². The maximum Gasteiger partial charge on any atom is 0.0935 e. The van der Waals surface area contributed by atoms with Gasteiger partial charge in [0.25, 0.3) is 0 Å². The zero-order valence-corrected chi connectivity index (χ0v) is 12.2. The van der Waals surface area contributed by atoms with Crippen molar-refractivity contribution < 1.29 is 9.47 Å². The molecule has 2 unspecified atom stereocenters. The summed E-state index contributed by atoms with van der Waals surface area (Å²) in [6.07, 6.45) is 1.47. The van der Waals surface area contributed by atoms with Gasteiger partial charge in [0.15, 0.2) is 0 Å². The minimum atomic E-state index is 0.223. The molecule has 2 heterocycles. The molecular weight excluding hydrogens is 252 g/mol. The van der Waals surface area contributed by atoms with Crippen LogP contribution in [0.3, 0.4) is 0 Å². The molecule has 1 N–H and O–H groups in total. The third kappa shape index (κ3) is 3.32. The van der Waals surface area contributed by atoms with E-state index in [1.54, 1.807) is 0 Å². The van der Waals surface area contributed by atoms with Gasteiger partial charge in [-0.3, -0.25) is 4.90 Å². The first kappa shape index (κ1) is 13.9. The van der Waals surface area contributed by atoms with E-state index in [2.05, 4.69) is 41.4 Å². The van der Waals surface area contributed by atoms with Crippen LogP contribution in [0.5, 0.6) is 0 Å². The quantitative estimate of drug-likeness (QED) is 0.908. The number of ether oxygens (including phenoxy) is 2. The van der Waals surface area contributed by atoms with Crippen molar-refractivity contribution in [1.29, 1.82) is 0 Å². The molecule has 0 bridgehead atoms. The summed E-state index contributed by atoms with van der Waals surface area (Å²) in [6.45, 7) is 7.75. The molecule has 2 atom stereocenters. The molecule has 2 aliphatic heterocycles. The Morgan fingerprint density at radius 1 is 1.40 bits per heavy atom. The van der Waals surface area contributed by atoms with Gasteiger partial charge in [-0.2, -0.15) is 0 Å². The number of fused-ring (bicyclic) bond motifs is 1. The zero-order chi connectivity index (χ0) is 13.8. The van der Waals surface area contributed by atoms with Crippen LogP contribution in [0.25, 0.3) is 0 Å². The second-order valence-corrected chi connectivity index (χ2v) is 5.58. The lowest BCUT2D eigenvalue weighted by atomic mass is 10.0. The lowest BCUT2D eigenvalue weighted by Gasteiger charge is -2.33. The summed E-state index contributed by atoms with van der Waals surface area (Å²) in [7, 11) is 0. The van der Waals surface area contributed by atoms with Crippen LogP contribution in [-0.2, 0) is 15.9 Å². The molecule has 2 aliphatic rings. The Labute approximate surface area is 121 Å². The number of anilines is 1. The average molecular weight is 276 g/mol. The van der Waals surface area contributed by atoms with Crippen LogP contribution >= 0.6 is 0 Å². The van der Waals surface area contributed by atoms with Crippen molar-refractivity contribution in [2.75, 3.05) is 44.7 Å². The van der Waals surface area contributed by atoms with E-state index in [0.717, 1.165) is 39.2 Å². The summed E-state index contributed by atoms with van der Waals surface area (Å²) in [5, 5.41) is 3.44. The molecule has 4 heteroatoms. The van der Waals surface area contributed by atoms with E-state index in [9.17, 15) is 0 Å². The predicted molar refractivity (Wildman–Crippen MR) is 80.2 cm³/mol. The second-order valence-electron chi connectivity index (χ2n) is 5.58. The van der Waals surface area contributed by atoms with Crippen molar-refractivity contribution >= 4 is 5.69 Å². The van der Waals surface area contributed by atoms with Gasteiger partial charge < -0.3 is 14.8 Å². The molecule has 1 fully saturated rings. The van der Waals surface area contributed by atoms with Crippen molar-refractivity contribution in [3.8, 4) is 0 Å². The first-order valence-electron chi connectivity index (χ1n) is 7.62. The summed E-state index contributed by atoms with van der Waals surface area (Å²) in [5.41, 5.74) is 2.60. The molecule has 3 rings (SSSR count). The highest BCUT2D eigenvalue weighted by atomic mass is 16.5. The number of nitrogens with one attached hydrogen (secondary N) is 1. The smallest absolute Gasteiger partial charge is 0.0935 e. The fraction of sp³-hybridized carbons (Fsp3) is 0.625. The summed E-state index contributed by atoms with van der Waals surface area (Å²) in [6, 6.07) is 8.47. The van der Waals surface area contributed by atoms with E-state index in [0.29, 0.717) is 6.61 Å². The van der Waals surface area contributed by atoms with Crippen LogP contribution in [0.2, 0.25) is 0 Å². The molecule has 0 aliphatic carbocycles. The number of benzene rings is 1. The monoisotopic (exact) mass is 276 g/mol. The second kappa shape index (κ2) is 6.57. The third-order valence-corrected chi connectivity index (χ3v) is 4.17. The fourth-order valence-electron chi connectivity index (χ4n) is 2.94. The van der Waals surface area contributed by atoms with E-state index in [1.807, 2.05) is 0 Å². The van der Waals surface area contributed by atoms with Gasteiger partial charge in [-0.25, -0.2) is 0 Å². The number of hydrogen-bond donors (Lipinski definition) is 1. The van der Waals surface area contributed by atoms with E-state index in [1.165, 1.54) is 11.3 Å². The molecule has 0 aromatic heterocycles. The van der Waals surface area contributed by atoms with Crippen LogP contribution in [0.1, 0.15) is 12.5 Å². The van der Waals surface area contributed by atoms with Crippen LogP contribution in [0, 0.1) is 0 Å². The van der Waals surface area contributed by atoms with Gasteiger partial charge in [0, 0.05) is 31.7 Å². The zero-order valence-electron chi connectivity index (χ0n) is 12.2. The molecule has 0 amide bonds. The fourth-order valence-corrected chi connectivity index (χ4v) is 2.94. The highest BCUT2D eigenvalue weighted by Crippen LogP contribution is 2.22. The summed E-state index contributed by atoms with van der Waals surface area (Å²) in [5.74, 6) is 0. The molecular formula is C16H24N2O2. The van der Waals surface area contributed by atoms with Gasteiger partial charge in [0.05, 0.1) is 25.4 Å². The molecule has 1 saturated heterocycles. The largest absolute Gasteiger partial charge is 0.382 e. The van der Waals surface area contributed by atoms with Gasteiger partial charge in [-0.1, -0.05) is 25.1 Å². The Hall–Kier alpha value is -1.10. The average Bonchev–Trinajstić information content (AvgIpc) is 2.53. The Morgan fingerprint density at radius 2 is 2.30 bits per heavy atom. The molecule has 0 spiro atoms. The Morgan fingerprint density at radius 3 is 3.20 bits per heavy atom. The van der Waals surface area contributed by atoms with Crippen molar-refractivity contribution in [2.45, 2.75) is 25.6 Å². The highest BCUT2D eigenvalue weighted by Gasteiger charge is 2.23. The first-order valence-corrected chi connectivity index (χ1v) is 7.62. The van der Waals surface area contributed by atoms with Crippen molar-refractivity contribution in [1.82, 2.24) is 4.90 Å². The number of rotatable bonds is 4. The number of para-hydroxylation sites is 1. The number of morpholine rings is 1. The standard InChI is InChI=1S/C16H24N2O2/c1-2-18-7-8-19-15(11-18)12-20-14-9-13-5-3-4-6-16(13)17-10-14/h3-6,14-15,17H,2,7-12H2,1H3. The van der Waals surface area contributed by atoms with Crippen molar-refractivity contribution in [3.05, 3.63) is 29.8 Å². The maximum atomic E-state index is 6.06. The first-order chi connectivity index (χ1) is 9.85. The van der Waals surface area contributed by atoms with Gasteiger partial charge in [0.2, 0.25) is 0 Å². The van der Waals surface area contributed by atoms with Crippen molar-refractivity contribution in [2.24, 2.45) is 0 Å². The Bertz CT molecular complexity index is 438.